The quantitative estimate of drug-likeness (QED) is 0.231. The Balaban J connectivity index is 1.69. The van der Waals surface area contributed by atoms with Crippen LogP contribution in [0.3, 0.4) is 0 Å². The average Bonchev–Trinajstić information content (AvgIpc) is 2.77. The molecule has 6 nitrogen and oxygen atoms in total. The van der Waals surface area contributed by atoms with Crippen molar-refractivity contribution < 1.29 is 14.5 Å². The topological polar surface area (TPSA) is 82.3 Å². The number of benzene rings is 3. The molecule has 7 heteroatoms. The van der Waals surface area contributed by atoms with E-state index < -0.39 is 10.9 Å². The number of carbonyl (C=O) groups excluding carboxylic acids is 1. The second-order valence-corrected chi connectivity index (χ2v) is 6.96. The summed E-state index contributed by atoms with van der Waals surface area (Å²) in [5.41, 5.74) is 2.72. The number of nitro groups is 1. The average molecular weight is 419 g/mol. The molecule has 0 unspecified atom stereocenters. The Labute approximate surface area is 176 Å². The van der Waals surface area contributed by atoms with Crippen LogP contribution in [0.2, 0.25) is 5.02 Å². The number of non-ortho nitro benzene ring substituents is 1. The van der Waals surface area contributed by atoms with Gasteiger partial charge in [-0.3, -0.25) is 10.1 Å². The van der Waals surface area contributed by atoms with Crippen LogP contribution >= 0.6 is 11.6 Å². The molecular formula is C23H15ClN2O4. The predicted octanol–water partition coefficient (Wildman–Crippen LogP) is 5.82. The molecule has 1 heterocycles. The van der Waals surface area contributed by atoms with Crippen molar-refractivity contribution in [3.63, 3.8) is 0 Å². The van der Waals surface area contributed by atoms with Crippen molar-refractivity contribution in [2.24, 2.45) is 0 Å². The summed E-state index contributed by atoms with van der Waals surface area (Å²) in [7, 11) is 0. The number of ether oxygens (including phenoxy) is 1. The summed E-state index contributed by atoms with van der Waals surface area (Å²) in [6.07, 6.45) is 0. The number of para-hydroxylation sites is 1. The molecule has 0 atom stereocenters. The third-order valence-electron chi connectivity index (χ3n) is 4.58. The molecule has 148 valence electrons. The summed E-state index contributed by atoms with van der Waals surface area (Å²) < 4.78 is 5.46. The lowest BCUT2D eigenvalue weighted by atomic mass is 10.0. The lowest BCUT2D eigenvalue weighted by Gasteiger charge is -2.11. The third kappa shape index (κ3) is 3.99. The van der Waals surface area contributed by atoms with Crippen LogP contribution in [-0.2, 0) is 11.3 Å². The van der Waals surface area contributed by atoms with Gasteiger partial charge in [-0.2, -0.15) is 0 Å². The van der Waals surface area contributed by atoms with Gasteiger partial charge in [0.1, 0.15) is 6.61 Å². The summed E-state index contributed by atoms with van der Waals surface area (Å²) in [4.78, 5) is 28.0. The van der Waals surface area contributed by atoms with E-state index in [1.54, 1.807) is 30.3 Å². The first kappa shape index (κ1) is 19.5. The van der Waals surface area contributed by atoms with Crippen LogP contribution in [0.4, 0.5) is 5.69 Å². The lowest BCUT2D eigenvalue weighted by Crippen LogP contribution is -2.07. The highest BCUT2D eigenvalue weighted by Gasteiger charge is 2.17. The molecule has 0 saturated heterocycles. The predicted molar refractivity (Wildman–Crippen MR) is 114 cm³/mol. The van der Waals surface area contributed by atoms with E-state index in [9.17, 15) is 14.9 Å². The van der Waals surface area contributed by atoms with Gasteiger partial charge in [-0.1, -0.05) is 60.1 Å². The number of hydrogen-bond donors (Lipinski definition) is 0. The van der Waals surface area contributed by atoms with Gasteiger partial charge in [0.25, 0.3) is 5.69 Å². The normalized spacial score (nSPS) is 10.7. The van der Waals surface area contributed by atoms with E-state index in [1.165, 1.54) is 12.1 Å². The monoisotopic (exact) mass is 418 g/mol. The van der Waals surface area contributed by atoms with Crippen LogP contribution < -0.4 is 0 Å². The molecule has 0 N–H and O–H groups in total. The van der Waals surface area contributed by atoms with Crippen molar-refractivity contribution in [3.8, 4) is 11.3 Å². The fourth-order valence-corrected chi connectivity index (χ4v) is 3.37. The molecule has 0 aliphatic heterocycles. The molecule has 0 aliphatic carbocycles. The van der Waals surface area contributed by atoms with E-state index >= 15 is 0 Å². The third-order valence-corrected chi connectivity index (χ3v) is 4.91. The molecule has 0 amide bonds. The Morgan fingerprint density at radius 1 is 1.00 bits per heavy atom. The fraction of sp³-hybridized carbons (Fsp3) is 0.0435. The molecule has 0 bridgehead atoms. The van der Waals surface area contributed by atoms with Crippen molar-refractivity contribution in [2.45, 2.75) is 6.61 Å². The van der Waals surface area contributed by atoms with Gasteiger partial charge < -0.3 is 4.74 Å². The lowest BCUT2D eigenvalue weighted by molar-refractivity contribution is -0.384. The highest BCUT2D eigenvalue weighted by Crippen LogP contribution is 2.30. The van der Waals surface area contributed by atoms with E-state index in [0.29, 0.717) is 38.3 Å². The van der Waals surface area contributed by atoms with Gasteiger partial charge in [-0.15, -0.1) is 0 Å². The van der Waals surface area contributed by atoms with E-state index in [2.05, 4.69) is 4.98 Å². The molecule has 1 aromatic heterocycles. The summed E-state index contributed by atoms with van der Waals surface area (Å²) in [6, 6.07) is 22.2. The second-order valence-electron chi connectivity index (χ2n) is 6.56. The molecule has 3 aromatic carbocycles. The number of fused-ring (bicyclic) bond motifs is 1. The molecule has 0 fully saturated rings. The van der Waals surface area contributed by atoms with Gasteiger partial charge in [0.05, 0.1) is 21.7 Å². The number of nitro benzene ring substituents is 1. The molecule has 0 saturated carbocycles. The Hall–Kier alpha value is -3.77. The van der Waals surface area contributed by atoms with Crippen LogP contribution in [0, 0.1) is 10.1 Å². The zero-order valence-electron chi connectivity index (χ0n) is 15.6. The van der Waals surface area contributed by atoms with Gasteiger partial charge in [0.2, 0.25) is 0 Å². The summed E-state index contributed by atoms with van der Waals surface area (Å²) in [5, 5.41) is 12.1. The molecule has 4 rings (SSSR count). The van der Waals surface area contributed by atoms with Gasteiger partial charge in [-0.25, -0.2) is 9.78 Å². The molecule has 0 spiro atoms. The van der Waals surface area contributed by atoms with Gasteiger partial charge in [0, 0.05) is 28.1 Å². The minimum absolute atomic E-state index is 0.0566. The first-order valence-electron chi connectivity index (χ1n) is 9.08. The molecule has 4 aromatic rings. The highest BCUT2D eigenvalue weighted by atomic mass is 35.5. The number of rotatable bonds is 5. The second kappa shape index (κ2) is 8.31. The number of nitrogens with zero attached hydrogens (tertiary/aromatic N) is 2. The Morgan fingerprint density at radius 2 is 1.77 bits per heavy atom. The zero-order chi connectivity index (χ0) is 21.1. The number of esters is 1. The van der Waals surface area contributed by atoms with Gasteiger partial charge in [0.15, 0.2) is 0 Å². The number of halogens is 1. The van der Waals surface area contributed by atoms with Gasteiger partial charge >= 0.3 is 5.97 Å². The number of carbonyl (C=O) groups is 1. The van der Waals surface area contributed by atoms with Crippen LogP contribution in [0.15, 0.2) is 78.9 Å². The highest BCUT2D eigenvalue weighted by molar-refractivity contribution is 6.33. The zero-order valence-corrected chi connectivity index (χ0v) is 16.4. The Bertz CT molecular complexity index is 1270. The summed E-state index contributed by atoms with van der Waals surface area (Å²) >= 11 is 6.31. The van der Waals surface area contributed by atoms with Crippen LogP contribution in [-0.4, -0.2) is 15.9 Å². The number of hydrogen-bond acceptors (Lipinski definition) is 5. The SMILES string of the molecule is O=C(OCc1cccc([N+](=O)[O-])c1)c1cc(-c2ccccc2Cl)nc2ccccc12. The van der Waals surface area contributed by atoms with E-state index in [1.807, 2.05) is 36.4 Å². The van der Waals surface area contributed by atoms with Crippen LogP contribution in [0.1, 0.15) is 15.9 Å². The van der Waals surface area contributed by atoms with Crippen LogP contribution in [0.25, 0.3) is 22.2 Å². The maximum atomic E-state index is 12.9. The van der Waals surface area contributed by atoms with E-state index in [0.717, 1.165) is 0 Å². The first-order chi connectivity index (χ1) is 14.5. The van der Waals surface area contributed by atoms with Crippen molar-refractivity contribution in [2.75, 3.05) is 0 Å². The Morgan fingerprint density at radius 3 is 2.57 bits per heavy atom. The van der Waals surface area contributed by atoms with E-state index in [-0.39, 0.29) is 12.3 Å². The Kier molecular flexibility index (Phi) is 5.41. The molecule has 30 heavy (non-hydrogen) atoms. The molecule has 0 radical (unpaired) electrons. The molecular weight excluding hydrogens is 404 g/mol. The smallest absolute Gasteiger partial charge is 0.339 e. The van der Waals surface area contributed by atoms with Crippen LogP contribution in [0.5, 0.6) is 0 Å². The minimum Gasteiger partial charge on any atom is -0.457 e. The van der Waals surface area contributed by atoms with Gasteiger partial charge in [-0.05, 0) is 23.8 Å². The number of pyridine rings is 1. The van der Waals surface area contributed by atoms with E-state index in [4.69, 9.17) is 16.3 Å². The molecule has 0 aliphatic rings. The minimum atomic E-state index is -0.548. The first-order valence-corrected chi connectivity index (χ1v) is 9.46. The van der Waals surface area contributed by atoms with Crippen molar-refractivity contribution >= 4 is 34.2 Å². The maximum Gasteiger partial charge on any atom is 0.339 e. The fourth-order valence-electron chi connectivity index (χ4n) is 3.14. The largest absolute Gasteiger partial charge is 0.457 e. The summed E-state index contributed by atoms with van der Waals surface area (Å²) in [5.74, 6) is -0.548. The number of aromatic nitrogens is 1. The summed E-state index contributed by atoms with van der Waals surface area (Å²) in [6.45, 7) is -0.0847. The standard InChI is InChI=1S/C23H15ClN2O4/c24-20-10-3-1-9-18(20)22-13-19(17-8-2-4-11-21(17)25-22)23(27)30-14-15-6-5-7-16(12-15)26(28)29/h1-13H,14H2. The van der Waals surface area contributed by atoms with Crippen molar-refractivity contribution in [1.82, 2.24) is 4.98 Å². The van der Waals surface area contributed by atoms with Crippen molar-refractivity contribution in [1.29, 1.82) is 0 Å². The van der Waals surface area contributed by atoms with Crippen molar-refractivity contribution in [3.05, 3.63) is 105 Å². The maximum absolute atomic E-state index is 12.9.